The van der Waals surface area contributed by atoms with Crippen molar-refractivity contribution in [1.29, 1.82) is 0 Å². The number of amides is 2. The highest BCUT2D eigenvalue weighted by molar-refractivity contribution is 8.04. The van der Waals surface area contributed by atoms with Gasteiger partial charge in [0.2, 0.25) is 5.91 Å². The van der Waals surface area contributed by atoms with E-state index in [1.165, 1.54) is 17.8 Å². The Morgan fingerprint density at radius 1 is 1.29 bits per heavy atom. The highest BCUT2D eigenvalue weighted by Gasteiger charge is 2.39. The van der Waals surface area contributed by atoms with Gasteiger partial charge >= 0.3 is 0 Å². The summed E-state index contributed by atoms with van der Waals surface area (Å²) in [7, 11) is 0. The van der Waals surface area contributed by atoms with Crippen LogP contribution in [0.1, 0.15) is 30.6 Å². The third kappa shape index (κ3) is 4.14. The van der Waals surface area contributed by atoms with E-state index in [2.05, 4.69) is 10.6 Å². The number of hydrogen-bond acceptors (Lipinski definition) is 4. The van der Waals surface area contributed by atoms with Crippen molar-refractivity contribution in [2.45, 2.75) is 37.1 Å². The molecular formula is C21H21FN2O3S. The van der Waals surface area contributed by atoms with Crippen molar-refractivity contribution in [3.8, 4) is 0 Å². The van der Waals surface area contributed by atoms with E-state index >= 15 is 0 Å². The quantitative estimate of drug-likeness (QED) is 0.771. The molecule has 146 valence electrons. The lowest BCUT2D eigenvalue weighted by Crippen LogP contribution is -2.51. The van der Waals surface area contributed by atoms with Crippen molar-refractivity contribution in [2.75, 3.05) is 0 Å². The van der Waals surface area contributed by atoms with Gasteiger partial charge in [-0.25, -0.2) is 4.39 Å². The summed E-state index contributed by atoms with van der Waals surface area (Å²) in [6, 6.07) is 9.96. The summed E-state index contributed by atoms with van der Waals surface area (Å²) in [5.74, 6) is 0.0242. The zero-order valence-corrected chi connectivity index (χ0v) is 16.0. The largest absolute Gasteiger partial charge is 0.467 e. The highest BCUT2D eigenvalue weighted by atomic mass is 32.2. The Hall–Kier alpha value is -2.54. The molecule has 1 saturated heterocycles. The Kier molecular flexibility index (Phi) is 5.52. The lowest BCUT2D eigenvalue weighted by molar-refractivity contribution is -0.127. The number of nitrogens with one attached hydrogen (secondary N) is 2. The molecule has 3 unspecified atom stereocenters. The van der Waals surface area contributed by atoms with Crippen LogP contribution in [0.25, 0.3) is 6.08 Å². The van der Waals surface area contributed by atoms with Crippen molar-refractivity contribution in [2.24, 2.45) is 5.92 Å². The molecule has 2 heterocycles. The van der Waals surface area contributed by atoms with Gasteiger partial charge in [0.25, 0.3) is 5.91 Å². The molecular weight excluding hydrogens is 379 g/mol. The minimum absolute atomic E-state index is 0.0122. The van der Waals surface area contributed by atoms with Gasteiger partial charge in [-0.05, 0) is 43.5 Å². The summed E-state index contributed by atoms with van der Waals surface area (Å²) in [6.07, 6.45) is 5.38. The van der Waals surface area contributed by atoms with Crippen molar-refractivity contribution < 1.29 is 18.4 Å². The van der Waals surface area contributed by atoms with E-state index in [0.29, 0.717) is 29.2 Å². The molecule has 1 aromatic heterocycles. The van der Waals surface area contributed by atoms with Crippen LogP contribution in [0.3, 0.4) is 0 Å². The Labute approximate surface area is 166 Å². The van der Waals surface area contributed by atoms with Gasteiger partial charge in [-0.2, -0.15) is 0 Å². The smallest absolute Gasteiger partial charge is 0.257 e. The van der Waals surface area contributed by atoms with Crippen molar-refractivity contribution >= 4 is 29.7 Å². The first-order chi connectivity index (χ1) is 13.6. The molecule has 0 spiro atoms. The number of benzene rings is 1. The average molecular weight is 400 g/mol. The van der Waals surface area contributed by atoms with Crippen LogP contribution in [-0.4, -0.2) is 23.1 Å². The topological polar surface area (TPSA) is 71.3 Å². The SMILES string of the molecule is O=C1NC2CC(C(=O)NCc3ccco3)CCC2S/C1=C/c1ccccc1F. The first-order valence-corrected chi connectivity index (χ1v) is 10.2. The number of halogens is 1. The molecule has 0 radical (unpaired) electrons. The Morgan fingerprint density at radius 3 is 2.93 bits per heavy atom. The Morgan fingerprint density at radius 2 is 2.14 bits per heavy atom. The van der Waals surface area contributed by atoms with Crippen LogP contribution in [-0.2, 0) is 16.1 Å². The summed E-state index contributed by atoms with van der Waals surface area (Å²) in [5, 5.41) is 6.12. The standard InChI is InChI=1S/C21H21FN2O3S/c22-16-6-2-1-4-13(16)11-19-21(26)24-17-10-14(7-8-18(17)28-19)20(25)23-12-15-5-3-9-27-15/h1-6,9,11,14,17-18H,7-8,10,12H2,(H,23,25)(H,24,26)/b19-11+. The predicted molar refractivity (Wildman–Crippen MR) is 106 cm³/mol. The Bertz CT molecular complexity index is 897. The molecule has 2 fully saturated rings. The maximum absolute atomic E-state index is 13.9. The molecule has 1 aliphatic heterocycles. The number of hydrogen-bond donors (Lipinski definition) is 2. The van der Waals surface area contributed by atoms with E-state index in [1.54, 1.807) is 36.6 Å². The highest BCUT2D eigenvalue weighted by Crippen LogP contribution is 2.40. The fraction of sp³-hybridized carbons (Fsp3) is 0.333. The average Bonchev–Trinajstić information content (AvgIpc) is 3.21. The molecule has 3 atom stereocenters. The second-order valence-electron chi connectivity index (χ2n) is 7.07. The maximum atomic E-state index is 13.9. The normalized spacial score (nSPS) is 25.8. The summed E-state index contributed by atoms with van der Waals surface area (Å²) >= 11 is 1.49. The molecule has 5 nitrogen and oxygen atoms in total. The summed E-state index contributed by atoms with van der Waals surface area (Å²) in [4.78, 5) is 25.5. The molecule has 2 aromatic rings. The van der Waals surface area contributed by atoms with E-state index in [-0.39, 0.29) is 34.8 Å². The molecule has 4 rings (SSSR count). The number of furan rings is 1. The molecule has 28 heavy (non-hydrogen) atoms. The monoisotopic (exact) mass is 400 g/mol. The number of thioether (sulfide) groups is 1. The van der Waals surface area contributed by atoms with E-state index < -0.39 is 0 Å². The van der Waals surface area contributed by atoms with E-state index in [0.717, 1.165) is 12.8 Å². The van der Waals surface area contributed by atoms with Gasteiger partial charge in [0.1, 0.15) is 11.6 Å². The first kappa shape index (κ1) is 18.8. The minimum Gasteiger partial charge on any atom is -0.467 e. The van der Waals surface area contributed by atoms with Gasteiger partial charge in [0, 0.05) is 22.8 Å². The Balaban J connectivity index is 1.37. The van der Waals surface area contributed by atoms with Crippen LogP contribution in [0, 0.1) is 11.7 Å². The van der Waals surface area contributed by atoms with Crippen LogP contribution in [0.4, 0.5) is 4.39 Å². The van der Waals surface area contributed by atoms with E-state index in [4.69, 9.17) is 4.42 Å². The third-order valence-corrected chi connectivity index (χ3v) is 6.61. The summed E-state index contributed by atoms with van der Waals surface area (Å²) in [6.45, 7) is 0.368. The fourth-order valence-corrected chi connectivity index (χ4v) is 4.98. The lowest BCUT2D eigenvalue weighted by Gasteiger charge is -2.39. The van der Waals surface area contributed by atoms with Gasteiger partial charge in [0.15, 0.2) is 0 Å². The summed E-state index contributed by atoms with van der Waals surface area (Å²) < 4.78 is 19.1. The number of carbonyl (C=O) groups excluding carboxylic acids is 2. The number of fused-ring (bicyclic) bond motifs is 1. The van der Waals surface area contributed by atoms with Crippen LogP contribution in [0.2, 0.25) is 0 Å². The van der Waals surface area contributed by atoms with Crippen LogP contribution >= 0.6 is 11.8 Å². The van der Waals surface area contributed by atoms with Gasteiger partial charge < -0.3 is 15.1 Å². The molecule has 2 amide bonds. The maximum Gasteiger partial charge on any atom is 0.257 e. The minimum atomic E-state index is -0.345. The first-order valence-electron chi connectivity index (χ1n) is 9.34. The zero-order valence-electron chi connectivity index (χ0n) is 15.2. The molecule has 1 aliphatic carbocycles. The zero-order chi connectivity index (χ0) is 19.5. The van der Waals surface area contributed by atoms with Gasteiger partial charge in [-0.1, -0.05) is 18.2 Å². The molecule has 2 N–H and O–H groups in total. The van der Waals surface area contributed by atoms with E-state index in [9.17, 15) is 14.0 Å². The van der Waals surface area contributed by atoms with Crippen molar-refractivity contribution in [3.63, 3.8) is 0 Å². The van der Waals surface area contributed by atoms with Crippen LogP contribution in [0.15, 0.2) is 52.0 Å². The molecule has 1 saturated carbocycles. The lowest BCUT2D eigenvalue weighted by atomic mass is 9.84. The predicted octanol–water partition coefficient (Wildman–Crippen LogP) is 3.48. The number of carbonyl (C=O) groups is 2. The second-order valence-corrected chi connectivity index (χ2v) is 8.35. The number of rotatable bonds is 4. The van der Waals surface area contributed by atoms with Gasteiger partial charge in [-0.3, -0.25) is 9.59 Å². The third-order valence-electron chi connectivity index (χ3n) is 5.19. The molecule has 1 aromatic carbocycles. The molecule has 7 heteroatoms. The van der Waals surface area contributed by atoms with Gasteiger partial charge in [-0.15, -0.1) is 11.8 Å². The van der Waals surface area contributed by atoms with Crippen LogP contribution < -0.4 is 10.6 Å². The molecule has 0 bridgehead atoms. The van der Waals surface area contributed by atoms with Crippen molar-refractivity contribution in [1.82, 2.24) is 10.6 Å². The van der Waals surface area contributed by atoms with E-state index in [1.807, 2.05) is 6.07 Å². The molecule has 2 aliphatic rings. The van der Waals surface area contributed by atoms with Crippen LogP contribution in [0.5, 0.6) is 0 Å². The fourth-order valence-electron chi connectivity index (χ4n) is 3.69. The summed E-state index contributed by atoms with van der Waals surface area (Å²) in [5.41, 5.74) is 0.407. The second kappa shape index (κ2) is 8.22. The van der Waals surface area contributed by atoms with Crippen molar-refractivity contribution in [3.05, 3.63) is 64.7 Å². The van der Waals surface area contributed by atoms with Gasteiger partial charge in [0.05, 0.1) is 17.7 Å².